The van der Waals surface area contributed by atoms with Crippen LogP contribution in [-0.4, -0.2) is 49.2 Å². The number of hydrogen-bond donors (Lipinski definition) is 1. The number of amidine groups is 2. The number of thioether (sulfide) groups is 1. The standard InChI is InChI=1S/C27H27N3O5S/c1-5-6-18-7-9-21(23(14-18)32-3)34-11-12-35-22-10-8-19(15-24(22)33-4)13-20-25(28)30-16-17(2)36-27(30)29-26(20)31/h5,7-10,13-16,28H,1,6,11-12H2,2-4H3/b20-13-,28-25?. The van der Waals surface area contributed by atoms with E-state index in [1.807, 2.05) is 31.2 Å². The number of hydrogen-bond acceptors (Lipinski definition) is 7. The predicted octanol–water partition coefficient (Wildman–Crippen LogP) is 5.06. The molecule has 1 N–H and O–H groups in total. The second-order valence-corrected chi connectivity index (χ2v) is 9.12. The summed E-state index contributed by atoms with van der Waals surface area (Å²) < 4.78 is 22.6. The molecule has 2 heterocycles. The molecule has 8 nitrogen and oxygen atoms in total. The van der Waals surface area contributed by atoms with Crippen molar-refractivity contribution in [1.29, 1.82) is 5.41 Å². The van der Waals surface area contributed by atoms with E-state index in [2.05, 4.69) is 11.6 Å². The minimum atomic E-state index is -0.439. The van der Waals surface area contributed by atoms with Crippen molar-refractivity contribution in [2.24, 2.45) is 4.99 Å². The lowest BCUT2D eigenvalue weighted by Gasteiger charge is -2.22. The van der Waals surface area contributed by atoms with Crippen molar-refractivity contribution in [3.05, 3.63) is 76.9 Å². The monoisotopic (exact) mass is 505 g/mol. The van der Waals surface area contributed by atoms with E-state index in [1.165, 1.54) is 11.8 Å². The van der Waals surface area contributed by atoms with E-state index in [4.69, 9.17) is 24.4 Å². The third kappa shape index (κ3) is 5.46. The Bertz CT molecular complexity index is 1300. The molecular weight excluding hydrogens is 478 g/mol. The summed E-state index contributed by atoms with van der Waals surface area (Å²) in [6, 6.07) is 11.1. The average molecular weight is 506 g/mol. The number of aliphatic imine (C=N–C) groups is 1. The number of amides is 1. The Kier molecular flexibility index (Phi) is 7.80. The van der Waals surface area contributed by atoms with Crippen LogP contribution in [0.5, 0.6) is 23.0 Å². The number of nitrogens with one attached hydrogen (secondary N) is 1. The van der Waals surface area contributed by atoms with Crippen molar-refractivity contribution >= 4 is 34.7 Å². The summed E-state index contributed by atoms with van der Waals surface area (Å²) in [5.74, 6) is 1.99. The fraction of sp³-hybridized carbons (Fsp3) is 0.222. The predicted molar refractivity (Wildman–Crippen MR) is 142 cm³/mol. The van der Waals surface area contributed by atoms with Gasteiger partial charge in [0.05, 0.1) is 19.8 Å². The molecule has 2 aromatic carbocycles. The van der Waals surface area contributed by atoms with Gasteiger partial charge in [-0.3, -0.25) is 15.1 Å². The van der Waals surface area contributed by atoms with Gasteiger partial charge in [-0.1, -0.05) is 30.0 Å². The number of ether oxygens (including phenoxy) is 4. The van der Waals surface area contributed by atoms with Gasteiger partial charge in [-0.05, 0) is 54.8 Å². The molecular formula is C27H27N3O5S. The molecule has 0 saturated carbocycles. The second kappa shape index (κ2) is 11.2. The molecule has 0 atom stereocenters. The van der Waals surface area contributed by atoms with Crippen LogP contribution in [-0.2, 0) is 11.2 Å². The summed E-state index contributed by atoms with van der Waals surface area (Å²) in [4.78, 5) is 19.2. The van der Waals surface area contributed by atoms with E-state index in [1.54, 1.807) is 49.6 Å². The summed E-state index contributed by atoms with van der Waals surface area (Å²) >= 11 is 1.38. The summed E-state index contributed by atoms with van der Waals surface area (Å²) in [5.41, 5.74) is 2.00. The van der Waals surface area contributed by atoms with E-state index < -0.39 is 5.91 Å². The molecule has 0 radical (unpaired) electrons. The van der Waals surface area contributed by atoms with E-state index in [0.717, 1.165) is 16.9 Å². The molecule has 0 unspecified atom stereocenters. The Hall–Kier alpha value is -3.98. The van der Waals surface area contributed by atoms with Crippen molar-refractivity contribution in [3.8, 4) is 23.0 Å². The smallest absolute Gasteiger partial charge is 0.283 e. The maximum absolute atomic E-state index is 12.5. The van der Waals surface area contributed by atoms with Crippen molar-refractivity contribution < 1.29 is 23.7 Å². The molecule has 0 aliphatic carbocycles. The van der Waals surface area contributed by atoms with E-state index >= 15 is 0 Å². The van der Waals surface area contributed by atoms with Gasteiger partial charge in [0.25, 0.3) is 5.91 Å². The van der Waals surface area contributed by atoms with Crippen LogP contribution in [0.4, 0.5) is 0 Å². The normalized spacial score (nSPS) is 15.9. The Morgan fingerprint density at radius 1 is 1.03 bits per heavy atom. The minimum absolute atomic E-state index is 0.0961. The first-order valence-corrected chi connectivity index (χ1v) is 12.1. The molecule has 0 aromatic heterocycles. The summed E-state index contributed by atoms with van der Waals surface area (Å²) in [5, 5.41) is 8.95. The van der Waals surface area contributed by atoms with Gasteiger partial charge in [-0.25, -0.2) is 0 Å². The highest BCUT2D eigenvalue weighted by Crippen LogP contribution is 2.34. The van der Waals surface area contributed by atoms with Gasteiger partial charge >= 0.3 is 0 Å². The molecule has 186 valence electrons. The van der Waals surface area contributed by atoms with Gasteiger partial charge < -0.3 is 18.9 Å². The Morgan fingerprint density at radius 2 is 1.69 bits per heavy atom. The number of rotatable bonds is 10. The van der Waals surface area contributed by atoms with Crippen LogP contribution in [0.15, 0.2) is 70.7 Å². The zero-order chi connectivity index (χ0) is 25.7. The lowest BCUT2D eigenvalue weighted by atomic mass is 10.1. The average Bonchev–Trinajstić information content (AvgIpc) is 3.25. The highest BCUT2D eigenvalue weighted by atomic mass is 32.2. The number of fused-ring (bicyclic) bond motifs is 1. The van der Waals surface area contributed by atoms with E-state index in [9.17, 15) is 4.79 Å². The number of allylic oxidation sites excluding steroid dienone is 2. The largest absolute Gasteiger partial charge is 0.493 e. The van der Waals surface area contributed by atoms with Gasteiger partial charge in [0.1, 0.15) is 19.0 Å². The van der Waals surface area contributed by atoms with E-state index in [-0.39, 0.29) is 18.0 Å². The first-order valence-electron chi connectivity index (χ1n) is 11.2. The zero-order valence-corrected chi connectivity index (χ0v) is 21.2. The highest BCUT2D eigenvalue weighted by Gasteiger charge is 2.32. The first-order chi connectivity index (χ1) is 17.4. The topological polar surface area (TPSA) is 93.4 Å². The van der Waals surface area contributed by atoms with Crippen LogP contribution < -0.4 is 18.9 Å². The quantitative estimate of drug-likeness (QED) is 0.274. The highest BCUT2D eigenvalue weighted by molar-refractivity contribution is 8.17. The third-order valence-corrected chi connectivity index (χ3v) is 6.30. The molecule has 2 aliphatic rings. The molecule has 1 amide bonds. The molecule has 4 rings (SSSR count). The fourth-order valence-electron chi connectivity index (χ4n) is 3.69. The number of nitrogens with zero attached hydrogens (tertiary/aromatic N) is 2. The molecule has 2 aromatic rings. The zero-order valence-electron chi connectivity index (χ0n) is 20.4. The van der Waals surface area contributed by atoms with Crippen molar-refractivity contribution in [1.82, 2.24) is 4.90 Å². The maximum atomic E-state index is 12.5. The fourth-order valence-corrected chi connectivity index (χ4v) is 4.51. The Morgan fingerprint density at radius 3 is 2.36 bits per heavy atom. The van der Waals surface area contributed by atoms with Gasteiger partial charge in [0, 0.05) is 11.1 Å². The van der Waals surface area contributed by atoms with Gasteiger partial charge in [-0.15, -0.1) is 6.58 Å². The summed E-state index contributed by atoms with van der Waals surface area (Å²) in [6.45, 7) is 6.26. The van der Waals surface area contributed by atoms with Crippen LogP contribution in [0.3, 0.4) is 0 Å². The molecule has 0 saturated heterocycles. The van der Waals surface area contributed by atoms with Crippen molar-refractivity contribution in [2.45, 2.75) is 13.3 Å². The molecule has 2 aliphatic heterocycles. The second-order valence-electron chi connectivity index (χ2n) is 7.90. The number of methoxy groups -OCH3 is 2. The number of carbonyl (C=O) groups is 1. The molecule has 36 heavy (non-hydrogen) atoms. The van der Waals surface area contributed by atoms with Crippen LogP contribution in [0.25, 0.3) is 6.08 Å². The lowest BCUT2D eigenvalue weighted by molar-refractivity contribution is -0.114. The van der Waals surface area contributed by atoms with Crippen molar-refractivity contribution in [3.63, 3.8) is 0 Å². The van der Waals surface area contributed by atoms with Crippen LogP contribution in [0.1, 0.15) is 18.1 Å². The maximum Gasteiger partial charge on any atom is 0.283 e. The SMILES string of the molecule is C=CCc1ccc(OCCOc2ccc(/C=C3/C(=N)N4C=C(C)SC4=NC3=O)cc2OC)c(OC)c1. The van der Waals surface area contributed by atoms with Crippen LogP contribution in [0.2, 0.25) is 0 Å². The van der Waals surface area contributed by atoms with Gasteiger partial charge in [0.2, 0.25) is 0 Å². The molecule has 9 heteroatoms. The Balaban J connectivity index is 1.41. The number of carbonyl (C=O) groups excluding carboxylic acids is 1. The van der Waals surface area contributed by atoms with Gasteiger partial charge in [0.15, 0.2) is 28.2 Å². The number of benzene rings is 2. The minimum Gasteiger partial charge on any atom is -0.493 e. The van der Waals surface area contributed by atoms with Crippen LogP contribution in [0, 0.1) is 5.41 Å². The van der Waals surface area contributed by atoms with E-state index in [0.29, 0.717) is 40.3 Å². The van der Waals surface area contributed by atoms with Crippen molar-refractivity contribution in [2.75, 3.05) is 27.4 Å². The molecule has 0 spiro atoms. The Labute approximate surface area is 214 Å². The van der Waals surface area contributed by atoms with Crippen LogP contribution >= 0.6 is 11.8 Å². The summed E-state index contributed by atoms with van der Waals surface area (Å²) in [7, 11) is 3.15. The lowest BCUT2D eigenvalue weighted by Crippen LogP contribution is -2.35. The summed E-state index contributed by atoms with van der Waals surface area (Å²) in [6.07, 6.45) is 6.03. The molecule has 0 fully saturated rings. The first kappa shape index (κ1) is 25.1. The van der Waals surface area contributed by atoms with Gasteiger partial charge in [-0.2, -0.15) is 4.99 Å². The molecule has 0 bridgehead atoms. The third-order valence-electron chi connectivity index (χ3n) is 5.40.